The summed E-state index contributed by atoms with van der Waals surface area (Å²) in [6.45, 7) is 4.42. The number of hydrogen-bond acceptors (Lipinski definition) is 2. The third-order valence-electron chi connectivity index (χ3n) is 2.95. The molecule has 0 atom stereocenters. The number of aromatic nitrogens is 2. The molecule has 3 nitrogen and oxygen atoms in total. The second kappa shape index (κ2) is 5.97. The summed E-state index contributed by atoms with van der Waals surface area (Å²) in [4.78, 5) is 0. The topological polar surface area (TPSA) is 29.9 Å². The van der Waals surface area contributed by atoms with E-state index in [1.54, 1.807) is 0 Å². The maximum absolute atomic E-state index is 12.5. The van der Waals surface area contributed by atoms with E-state index in [1.165, 1.54) is 6.07 Å². The molecule has 0 amide bonds. The molecule has 0 unspecified atom stereocenters. The van der Waals surface area contributed by atoms with Gasteiger partial charge in [-0.3, -0.25) is 4.68 Å². The molecule has 0 spiro atoms. The van der Waals surface area contributed by atoms with Crippen molar-refractivity contribution in [2.45, 2.75) is 32.6 Å². The van der Waals surface area contributed by atoms with Crippen LogP contribution < -0.4 is 5.32 Å². The first-order valence-corrected chi connectivity index (χ1v) is 6.80. The SMILES string of the molecule is CC(C)n1ccc(CNc2ccc(C(F)(F)F)cc2Cl)n1. The summed E-state index contributed by atoms with van der Waals surface area (Å²) in [5, 5.41) is 7.36. The average Bonchev–Trinajstić information content (AvgIpc) is 2.85. The third kappa shape index (κ3) is 3.91. The lowest BCUT2D eigenvalue weighted by Crippen LogP contribution is -2.07. The molecule has 1 N–H and O–H groups in total. The number of halogens is 4. The first-order valence-electron chi connectivity index (χ1n) is 6.42. The Morgan fingerprint density at radius 3 is 2.52 bits per heavy atom. The van der Waals surface area contributed by atoms with Crippen molar-refractivity contribution in [1.82, 2.24) is 9.78 Å². The standard InChI is InChI=1S/C14H15ClF3N3/c1-9(2)21-6-5-11(20-21)8-19-13-4-3-10(7-12(13)15)14(16,17)18/h3-7,9,19H,8H2,1-2H3. The zero-order chi connectivity index (χ0) is 15.6. The van der Waals surface area contributed by atoms with Crippen molar-refractivity contribution in [3.05, 3.63) is 46.7 Å². The molecule has 0 aliphatic rings. The number of rotatable bonds is 4. The quantitative estimate of drug-likeness (QED) is 0.882. The molecule has 1 aromatic carbocycles. The highest BCUT2D eigenvalue weighted by molar-refractivity contribution is 6.33. The fourth-order valence-electron chi connectivity index (χ4n) is 1.78. The molecule has 0 bridgehead atoms. The van der Waals surface area contributed by atoms with Crippen molar-refractivity contribution in [3.8, 4) is 0 Å². The molecule has 0 aliphatic heterocycles. The summed E-state index contributed by atoms with van der Waals surface area (Å²) < 4.78 is 39.4. The molecule has 0 saturated carbocycles. The van der Waals surface area contributed by atoms with Crippen LogP contribution in [0.15, 0.2) is 30.5 Å². The Labute approximate surface area is 125 Å². The summed E-state index contributed by atoms with van der Waals surface area (Å²) in [7, 11) is 0. The first kappa shape index (κ1) is 15.7. The van der Waals surface area contributed by atoms with Crippen LogP contribution in [0.2, 0.25) is 5.02 Å². The number of benzene rings is 1. The van der Waals surface area contributed by atoms with E-state index in [2.05, 4.69) is 10.4 Å². The Balaban J connectivity index is 2.06. The van der Waals surface area contributed by atoms with Crippen LogP contribution >= 0.6 is 11.6 Å². The zero-order valence-corrected chi connectivity index (χ0v) is 12.3. The smallest absolute Gasteiger partial charge is 0.378 e. The second-order valence-electron chi connectivity index (χ2n) is 4.93. The molecule has 114 valence electrons. The molecule has 7 heteroatoms. The van der Waals surface area contributed by atoms with Crippen LogP contribution in [-0.2, 0) is 12.7 Å². The highest BCUT2D eigenvalue weighted by Crippen LogP contribution is 2.33. The summed E-state index contributed by atoms with van der Waals surface area (Å²) >= 11 is 5.87. The van der Waals surface area contributed by atoms with Crippen molar-refractivity contribution in [3.63, 3.8) is 0 Å². The molecular formula is C14H15ClF3N3. The second-order valence-corrected chi connectivity index (χ2v) is 5.33. The predicted molar refractivity (Wildman–Crippen MR) is 76.4 cm³/mol. The van der Waals surface area contributed by atoms with E-state index in [4.69, 9.17) is 11.6 Å². The van der Waals surface area contributed by atoms with Gasteiger partial charge in [-0.25, -0.2) is 0 Å². The number of hydrogen-bond donors (Lipinski definition) is 1. The van der Waals surface area contributed by atoms with E-state index in [0.29, 0.717) is 12.2 Å². The van der Waals surface area contributed by atoms with Crippen LogP contribution in [0.1, 0.15) is 31.1 Å². The number of nitrogens with zero attached hydrogens (tertiary/aromatic N) is 2. The van der Waals surface area contributed by atoms with Crippen molar-refractivity contribution in [2.75, 3.05) is 5.32 Å². The minimum Gasteiger partial charge on any atom is -0.378 e. The lowest BCUT2D eigenvalue weighted by molar-refractivity contribution is -0.137. The Bertz CT molecular complexity index is 620. The Morgan fingerprint density at radius 1 is 1.29 bits per heavy atom. The predicted octanol–water partition coefficient (Wildman–Crippen LogP) is 4.75. The third-order valence-corrected chi connectivity index (χ3v) is 3.26. The van der Waals surface area contributed by atoms with Crippen LogP contribution in [0, 0.1) is 0 Å². The van der Waals surface area contributed by atoms with Crippen LogP contribution in [0.4, 0.5) is 18.9 Å². The molecule has 0 fully saturated rings. The monoisotopic (exact) mass is 317 g/mol. The van der Waals surface area contributed by atoms with Gasteiger partial charge in [0.05, 0.1) is 28.5 Å². The van der Waals surface area contributed by atoms with Gasteiger partial charge < -0.3 is 5.32 Å². The molecule has 2 aromatic rings. The maximum atomic E-state index is 12.5. The summed E-state index contributed by atoms with van der Waals surface area (Å²) in [5.74, 6) is 0. The molecule has 21 heavy (non-hydrogen) atoms. The minimum atomic E-state index is -4.39. The van der Waals surface area contributed by atoms with Crippen molar-refractivity contribution < 1.29 is 13.2 Å². The van der Waals surface area contributed by atoms with Gasteiger partial charge in [0.15, 0.2) is 0 Å². The fraction of sp³-hybridized carbons (Fsp3) is 0.357. The van der Waals surface area contributed by atoms with E-state index in [1.807, 2.05) is 30.8 Å². The largest absolute Gasteiger partial charge is 0.416 e. The Morgan fingerprint density at radius 2 is 2.00 bits per heavy atom. The average molecular weight is 318 g/mol. The lowest BCUT2D eigenvalue weighted by Gasteiger charge is -2.11. The van der Waals surface area contributed by atoms with Crippen LogP contribution in [0.5, 0.6) is 0 Å². The van der Waals surface area contributed by atoms with Gasteiger partial charge in [-0.2, -0.15) is 18.3 Å². The molecule has 1 heterocycles. The van der Waals surface area contributed by atoms with Gasteiger partial charge in [0.25, 0.3) is 0 Å². The van der Waals surface area contributed by atoms with Crippen molar-refractivity contribution in [1.29, 1.82) is 0 Å². The maximum Gasteiger partial charge on any atom is 0.416 e. The number of alkyl halides is 3. The molecule has 0 radical (unpaired) electrons. The van der Waals surface area contributed by atoms with E-state index in [0.717, 1.165) is 17.8 Å². The Kier molecular flexibility index (Phi) is 4.46. The minimum absolute atomic E-state index is 0.0353. The molecular weight excluding hydrogens is 303 g/mol. The van der Waals surface area contributed by atoms with Crippen LogP contribution in [0.3, 0.4) is 0 Å². The van der Waals surface area contributed by atoms with E-state index in [9.17, 15) is 13.2 Å². The lowest BCUT2D eigenvalue weighted by atomic mass is 10.2. The summed E-state index contributed by atoms with van der Waals surface area (Å²) in [6.07, 6.45) is -2.53. The summed E-state index contributed by atoms with van der Waals surface area (Å²) in [5.41, 5.74) is 0.477. The van der Waals surface area contributed by atoms with Gasteiger partial charge in [0.1, 0.15) is 0 Å². The number of anilines is 1. The number of nitrogens with one attached hydrogen (secondary N) is 1. The van der Waals surface area contributed by atoms with Gasteiger partial charge in [-0.15, -0.1) is 0 Å². The van der Waals surface area contributed by atoms with Crippen LogP contribution in [-0.4, -0.2) is 9.78 Å². The van der Waals surface area contributed by atoms with Gasteiger partial charge in [-0.1, -0.05) is 11.6 Å². The van der Waals surface area contributed by atoms with E-state index >= 15 is 0 Å². The molecule has 1 aromatic heterocycles. The zero-order valence-electron chi connectivity index (χ0n) is 11.6. The molecule has 0 saturated heterocycles. The van der Waals surface area contributed by atoms with E-state index < -0.39 is 11.7 Å². The van der Waals surface area contributed by atoms with Gasteiger partial charge in [0, 0.05) is 12.2 Å². The van der Waals surface area contributed by atoms with Gasteiger partial charge >= 0.3 is 6.18 Å². The highest BCUT2D eigenvalue weighted by atomic mass is 35.5. The fourth-order valence-corrected chi connectivity index (χ4v) is 2.03. The Hall–Kier alpha value is -1.69. The normalized spacial score (nSPS) is 12.0. The van der Waals surface area contributed by atoms with E-state index in [-0.39, 0.29) is 11.1 Å². The summed E-state index contributed by atoms with van der Waals surface area (Å²) in [6, 6.07) is 5.35. The molecule has 0 aliphatic carbocycles. The van der Waals surface area contributed by atoms with Gasteiger partial charge in [-0.05, 0) is 38.1 Å². The van der Waals surface area contributed by atoms with Crippen LogP contribution in [0.25, 0.3) is 0 Å². The first-order chi connectivity index (χ1) is 9.77. The molecule has 2 rings (SSSR count). The van der Waals surface area contributed by atoms with Crippen molar-refractivity contribution >= 4 is 17.3 Å². The van der Waals surface area contributed by atoms with Crippen molar-refractivity contribution in [2.24, 2.45) is 0 Å². The van der Waals surface area contributed by atoms with Gasteiger partial charge in [0.2, 0.25) is 0 Å². The highest BCUT2D eigenvalue weighted by Gasteiger charge is 2.30.